The highest BCUT2D eigenvalue weighted by Gasteiger charge is 2.13. The number of ether oxygens (including phenoxy) is 1. The highest BCUT2D eigenvalue weighted by atomic mass is 79.9. The molecule has 0 heterocycles. The van der Waals surface area contributed by atoms with Gasteiger partial charge < -0.3 is 4.74 Å². The molecule has 5 heteroatoms. The summed E-state index contributed by atoms with van der Waals surface area (Å²) in [5.41, 5.74) is 3.41. The molecule has 0 aliphatic carbocycles. The van der Waals surface area contributed by atoms with E-state index in [4.69, 9.17) is 16.3 Å². The van der Waals surface area contributed by atoms with E-state index in [0.29, 0.717) is 16.3 Å². The van der Waals surface area contributed by atoms with Gasteiger partial charge in [-0.05, 0) is 53.0 Å². The molecule has 0 atom stereocenters. The first-order chi connectivity index (χ1) is 9.90. The Bertz CT molecular complexity index is 699. The van der Waals surface area contributed by atoms with Gasteiger partial charge >= 0.3 is 0 Å². The lowest BCUT2D eigenvalue weighted by molar-refractivity contribution is 0.109. The maximum Gasteiger partial charge on any atom is 0.228 e. The van der Waals surface area contributed by atoms with Crippen LogP contribution in [0.25, 0.3) is 0 Å². The van der Waals surface area contributed by atoms with E-state index >= 15 is 0 Å². The third-order valence-corrected chi connectivity index (χ3v) is 4.74. The van der Waals surface area contributed by atoms with Crippen LogP contribution in [0.4, 0.5) is 0 Å². The SMILES string of the molecule is Cc1cc(C)c(OCc2c(Br)cccc2C(=O)Br)cc1Cl. The van der Waals surface area contributed by atoms with Gasteiger partial charge in [-0.15, -0.1) is 0 Å². The fraction of sp³-hybridized carbons (Fsp3) is 0.188. The number of benzene rings is 2. The molecule has 0 aliphatic rings. The van der Waals surface area contributed by atoms with Crippen LogP contribution in [-0.4, -0.2) is 4.69 Å². The Labute approximate surface area is 145 Å². The molecule has 2 aromatic rings. The van der Waals surface area contributed by atoms with Gasteiger partial charge in [-0.3, -0.25) is 4.79 Å². The van der Waals surface area contributed by atoms with Crippen LogP contribution in [0.15, 0.2) is 34.8 Å². The summed E-state index contributed by atoms with van der Waals surface area (Å²) >= 11 is 12.6. The second-order valence-electron chi connectivity index (χ2n) is 4.70. The quantitative estimate of drug-likeness (QED) is 0.568. The molecule has 0 amide bonds. The van der Waals surface area contributed by atoms with Crippen LogP contribution in [-0.2, 0) is 6.61 Å². The molecule has 0 spiro atoms. The average molecular weight is 433 g/mol. The number of carbonyl (C=O) groups is 1. The van der Waals surface area contributed by atoms with E-state index in [9.17, 15) is 4.79 Å². The Kier molecular flexibility index (Phi) is 5.47. The van der Waals surface area contributed by atoms with Gasteiger partial charge in [-0.25, -0.2) is 0 Å². The van der Waals surface area contributed by atoms with Crippen LogP contribution in [0.2, 0.25) is 5.02 Å². The van der Waals surface area contributed by atoms with Gasteiger partial charge in [-0.1, -0.05) is 45.7 Å². The molecule has 0 radical (unpaired) electrons. The molecule has 0 N–H and O–H groups in total. The minimum Gasteiger partial charge on any atom is -0.489 e. The Morgan fingerprint density at radius 2 is 1.95 bits per heavy atom. The molecule has 2 rings (SSSR count). The number of hydrogen-bond donors (Lipinski definition) is 0. The van der Waals surface area contributed by atoms with Crippen LogP contribution < -0.4 is 4.74 Å². The largest absolute Gasteiger partial charge is 0.489 e. The molecule has 0 unspecified atom stereocenters. The van der Waals surface area contributed by atoms with E-state index in [1.54, 1.807) is 12.1 Å². The van der Waals surface area contributed by atoms with Crippen molar-refractivity contribution in [3.05, 3.63) is 62.1 Å². The van der Waals surface area contributed by atoms with Crippen molar-refractivity contribution < 1.29 is 9.53 Å². The van der Waals surface area contributed by atoms with Gasteiger partial charge in [0.05, 0.1) is 0 Å². The van der Waals surface area contributed by atoms with Gasteiger partial charge in [0, 0.05) is 20.6 Å². The Morgan fingerprint density at radius 1 is 1.24 bits per heavy atom. The van der Waals surface area contributed by atoms with E-state index in [2.05, 4.69) is 31.9 Å². The van der Waals surface area contributed by atoms with Crippen molar-refractivity contribution in [3.8, 4) is 5.75 Å². The summed E-state index contributed by atoms with van der Waals surface area (Å²) in [6.07, 6.45) is 0. The maximum atomic E-state index is 11.6. The number of hydrogen-bond acceptors (Lipinski definition) is 2. The van der Waals surface area contributed by atoms with E-state index in [1.165, 1.54) is 0 Å². The fourth-order valence-corrected chi connectivity index (χ4v) is 3.01. The zero-order chi connectivity index (χ0) is 15.6. The number of carbonyl (C=O) groups excluding carboxylic acids is 1. The summed E-state index contributed by atoms with van der Waals surface area (Å²) in [4.78, 5) is 11.6. The van der Waals surface area contributed by atoms with E-state index in [1.807, 2.05) is 32.0 Å². The molecule has 0 fully saturated rings. The van der Waals surface area contributed by atoms with Crippen LogP contribution in [0.5, 0.6) is 5.75 Å². The first-order valence-corrected chi connectivity index (χ1v) is 8.23. The molecule has 0 aromatic heterocycles. The second-order valence-corrected chi connectivity index (χ2v) is 6.68. The Morgan fingerprint density at radius 3 is 2.62 bits per heavy atom. The second kappa shape index (κ2) is 6.95. The molecule has 21 heavy (non-hydrogen) atoms. The summed E-state index contributed by atoms with van der Waals surface area (Å²) in [6.45, 7) is 4.21. The maximum absolute atomic E-state index is 11.6. The van der Waals surface area contributed by atoms with E-state index < -0.39 is 0 Å². The third kappa shape index (κ3) is 3.87. The lowest BCUT2D eigenvalue weighted by atomic mass is 10.1. The van der Waals surface area contributed by atoms with Crippen molar-refractivity contribution in [1.29, 1.82) is 0 Å². The van der Waals surface area contributed by atoms with Gasteiger partial charge in [-0.2, -0.15) is 0 Å². The Balaban J connectivity index is 2.29. The first-order valence-electron chi connectivity index (χ1n) is 6.27. The van der Waals surface area contributed by atoms with Crippen molar-refractivity contribution in [2.24, 2.45) is 0 Å². The van der Waals surface area contributed by atoms with Crippen molar-refractivity contribution in [2.45, 2.75) is 20.5 Å². The zero-order valence-electron chi connectivity index (χ0n) is 11.5. The molecule has 0 aliphatic heterocycles. The van der Waals surface area contributed by atoms with Crippen molar-refractivity contribution in [2.75, 3.05) is 0 Å². The monoisotopic (exact) mass is 430 g/mol. The molecular weight excluding hydrogens is 419 g/mol. The molecule has 0 saturated carbocycles. The number of aryl methyl sites for hydroxylation is 2. The van der Waals surface area contributed by atoms with Crippen molar-refractivity contribution in [3.63, 3.8) is 0 Å². The number of rotatable bonds is 4. The first kappa shape index (κ1) is 16.5. The van der Waals surface area contributed by atoms with Crippen LogP contribution in [0.1, 0.15) is 27.0 Å². The highest BCUT2D eigenvalue weighted by Crippen LogP contribution is 2.29. The lowest BCUT2D eigenvalue weighted by Gasteiger charge is -2.13. The van der Waals surface area contributed by atoms with Crippen molar-refractivity contribution >= 4 is 48.2 Å². The zero-order valence-corrected chi connectivity index (χ0v) is 15.5. The normalized spacial score (nSPS) is 10.5. The highest BCUT2D eigenvalue weighted by molar-refractivity contribution is 9.18. The molecule has 0 bridgehead atoms. The van der Waals surface area contributed by atoms with Gasteiger partial charge in [0.2, 0.25) is 4.69 Å². The van der Waals surface area contributed by atoms with Crippen LogP contribution >= 0.6 is 43.5 Å². The van der Waals surface area contributed by atoms with Crippen LogP contribution in [0.3, 0.4) is 0 Å². The minimum absolute atomic E-state index is 0.166. The topological polar surface area (TPSA) is 26.3 Å². The molecular formula is C16H13Br2ClO2. The van der Waals surface area contributed by atoms with Crippen molar-refractivity contribution in [1.82, 2.24) is 0 Å². The molecule has 110 valence electrons. The van der Waals surface area contributed by atoms with Gasteiger partial charge in [0.25, 0.3) is 0 Å². The summed E-state index contributed by atoms with van der Waals surface area (Å²) in [5.74, 6) is 0.717. The summed E-state index contributed by atoms with van der Waals surface area (Å²) < 4.78 is 6.51. The molecule has 0 saturated heterocycles. The predicted octanol–water partition coefficient (Wildman–Crippen LogP) is 5.83. The fourth-order valence-electron chi connectivity index (χ4n) is 2.00. The van der Waals surface area contributed by atoms with Crippen LogP contribution in [0, 0.1) is 13.8 Å². The Hall–Kier alpha value is -0.840. The van der Waals surface area contributed by atoms with Gasteiger partial charge in [0.1, 0.15) is 12.4 Å². The molecule has 2 nitrogen and oxygen atoms in total. The smallest absolute Gasteiger partial charge is 0.228 e. The molecule has 2 aromatic carbocycles. The third-order valence-electron chi connectivity index (χ3n) is 3.16. The van der Waals surface area contributed by atoms with Gasteiger partial charge in [0.15, 0.2) is 0 Å². The predicted molar refractivity (Wildman–Crippen MR) is 92.7 cm³/mol. The van der Waals surface area contributed by atoms with E-state index in [-0.39, 0.29) is 11.3 Å². The summed E-state index contributed by atoms with van der Waals surface area (Å²) in [5, 5.41) is 0.666. The van der Waals surface area contributed by atoms with E-state index in [0.717, 1.165) is 21.2 Å². The number of halogens is 3. The lowest BCUT2D eigenvalue weighted by Crippen LogP contribution is -2.04. The summed E-state index contributed by atoms with van der Waals surface area (Å²) in [6, 6.07) is 9.24. The summed E-state index contributed by atoms with van der Waals surface area (Å²) in [7, 11) is 0. The minimum atomic E-state index is -0.166. The average Bonchev–Trinajstić information content (AvgIpc) is 2.42. The standard InChI is InChI=1S/C16H13Br2ClO2/c1-9-6-10(2)15(7-14(9)19)21-8-12-11(16(18)20)4-3-5-13(12)17/h3-7H,8H2,1-2H3.